The van der Waals surface area contributed by atoms with Gasteiger partial charge >= 0.3 is 6.09 Å². The number of hydrogen-bond acceptors (Lipinski definition) is 5. The zero-order valence-electron chi connectivity index (χ0n) is 26.6. The normalized spacial score (nSPS) is 19.1. The van der Waals surface area contributed by atoms with E-state index in [9.17, 15) is 19.2 Å². The van der Waals surface area contributed by atoms with E-state index in [0.717, 1.165) is 54.0 Å². The van der Waals surface area contributed by atoms with Crippen molar-refractivity contribution in [2.75, 3.05) is 6.54 Å². The van der Waals surface area contributed by atoms with Gasteiger partial charge in [0, 0.05) is 22.9 Å². The molecule has 1 saturated carbocycles. The Labute approximate surface area is 276 Å². The molecule has 4 atom stereocenters. The maximum atomic E-state index is 13.8. The highest BCUT2D eigenvalue weighted by Crippen LogP contribution is 2.41. The van der Waals surface area contributed by atoms with Crippen molar-refractivity contribution in [1.29, 1.82) is 0 Å². The van der Waals surface area contributed by atoms with Crippen molar-refractivity contribution < 1.29 is 23.9 Å². The fourth-order valence-electron chi connectivity index (χ4n) is 6.92. The zero-order valence-corrected chi connectivity index (χ0v) is 27.4. The standard InChI is InChI=1S/C37H44ClN3O5/c1-37(2,29-13-8-14-30(38)22-29)33(27-16-15-25-11-6-7-12-26(25)20-27)46-36(45)41-32(19-24-9-4-3-5-10-24)35(44)40-31(23-42)21-28-17-18-39-34(28)43/h6-8,11-16,20,22-24,28,31-33H,3-5,9-10,17-19,21H2,1-2H3,(H,39,43)(H,40,44)(H,41,45). The van der Waals surface area contributed by atoms with Crippen LogP contribution < -0.4 is 16.0 Å². The lowest BCUT2D eigenvalue weighted by molar-refractivity contribution is -0.127. The van der Waals surface area contributed by atoms with Crippen molar-refractivity contribution >= 4 is 46.6 Å². The summed E-state index contributed by atoms with van der Waals surface area (Å²) in [5, 5.41) is 11.1. The molecule has 2 fully saturated rings. The third-order valence-corrected chi connectivity index (χ3v) is 9.86. The average Bonchev–Trinajstić information content (AvgIpc) is 3.46. The van der Waals surface area contributed by atoms with Gasteiger partial charge in [0.15, 0.2) is 0 Å². The predicted octanol–water partition coefficient (Wildman–Crippen LogP) is 6.79. The molecule has 3 aromatic rings. The van der Waals surface area contributed by atoms with Gasteiger partial charge in [0.05, 0.1) is 6.04 Å². The first kappa shape index (κ1) is 33.5. The summed E-state index contributed by atoms with van der Waals surface area (Å²) in [6, 6.07) is 19.8. The van der Waals surface area contributed by atoms with E-state index in [1.165, 1.54) is 0 Å². The van der Waals surface area contributed by atoms with Crippen molar-refractivity contribution in [3.05, 3.63) is 82.9 Å². The molecule has 1 heterocycles. The van der Waals surface area contributed by atoms with E-state index in [1.807, 2.05) is 74.5 Å². The molecule has 2 aliphatic rings. The summed E-state index contributed by atoms with van der Waals surface area (Å²) >= 11 is 6.39. The van der Waals surface area contributed by atoms with Crippen LogP contribution in [-0.4, -0.2) is 42.8 Å². The van der Waals surface area contributed by atoms with Crippen LogP contribution in [0, 0.1) is 11.8 Å². The molecule has 9 heteroatoms. The molecule has 0 bridgehead atoms. The molecule has 0 spiro atoms. The fraction of sp³-hybridized carbons (Fsp3) is 0.459. The number of carbonyl (C=O) groups excluding carboxylic acids is 4. The van der Waals surface area contributed by atoms with Gasteiger partial charge in [0.1, 0.15) is 18.4 Å². The van der Waals surface area contributed by atoms with Crippen LogP contribution in [0.5, 0.6) is 0 Å². The number of rotatable bonds is 12. The molecule has 3 N–H and O–H groups in total. The highest BCUT2D eigenvalue weighted by atomic mass is 35.5. The second kappa shape index (κ2) is 15.1. The highest BCUT2D eigenvalue weighted by Gasteiger charge is 2.38. The molecule has 1 aliphatic carbocycles. The Balaban J connectivity index is 1.39. The highest BCUT2D eigenvalue weighted by molar-refractivity contribution is 6.30. The molecule has 3 amide bonds. The number of ether oxygens (including phenoxy) is 1. The van der Waals surface area contributed by atoms with Gasteiger partial charge in [-0.1, -0.05) is 106 Å². The van der Waals surface area contributed by atoms with E-state index >= 15 is 0 Å². The lowest BCUT2D eigenvalue weighted by Crippen LogP contribution is -2.52. The molecular formula is C37H44ClN3O5. The molecular weight excluding hydrogens is 602 g/mol. The Morgan fingerprint density at radius 3 is 2.41 bits per heavy atom. The van der Waals surface area contributed by atoms with Crippen LogP contribution in [0.15, 0.2) is 66.7 Å². The summed E-state index contributed by atoms with van der Waals surface area (Å²) in [6.45, 7) is 4.57. The summed E-state index contributed by atoms with van der Waals surface area (Å²) in [5.74, 6) is -0.626. The average molecular weight is 646 g/mol. The van der Waals surface area contributed by atoms with Crippen molar-refractivity contribution in [3.8, 4) is 0 Å². The SMILES string of the molecule is CC(C)(c1cccc(Cl)c1)C(OC(=O)NC(CC1CCCCC1)C(=O)NC(C=O)CC1CCNC1=O)c1ccc2ccccc2c1. The molecule has 0 radical (unpaired) electrons. The first-order valence-electron chi connectivity index (χ1n) is 16.4. The summed E-state index contributed by atoms with van der Waals surface area (Å²) in [6.07, 6.45) is 5.77. The van der Waals surface area contributed by atoms with Gasteiger partial charge in [-0.05, 0) is 65.3 Å². The zero-order chi connectivity index (χ0) is 32.7. The van der Waals surface area contributed by atoms with Gasteiger partial charge < -0.3 is 25.5 Å². The lowest BCUT2D eigenvalue weighted by atomic mass is 9.76. The van der Waals surface area contributed by atoms with Crippen molar-refractivity contribution in [2.24, 2.45) is 11.8 Å². The third kappa shape index (κ3) is 8.27. The Morgan fingerprint density at radius 2 is 1.72 bits per heavy atom. The molecule has 244 valence electrons. The van der Waals surface area contributed by atoms with Crippen LogP contribution in [0.2, 0.25) is 5.02 Å². The number of amides is 3. The maximum Gasteiger partial charge on any atom is 0.408 e. The minimum Gasteiger partial charge on any atom is -0.440 e. The predicted molar refractivity (Wildman–Crippen MR) is 179 cm³/mol. The monoisotopic (exact) mass is 645 g/mol. The number of nitrogens with one attached hydrogen (secondary N) is 3. The number of aldehydes is 1. The molecule has 1 saturated heterocycles. The van der Waals surface area contributed by atoms with E-state index in [-0.39, 0.29) is 24.2 Å². The van der Waals surface area contributed by atoms with Crippen LogP contribution in [0.4, 0.5) is 4.79 Å². The molecule has 3 aromatic carbocycles. The number of fused-ring (bicyclic) bond motifs is 1. The lowest BCUT2D eigenvalue weighted by Gasteiger charge is -2.35. The van der Waals surface area contributed by atoms with E-state index in [0.29, 0.717) is 30.7 Å². The van der Waals surface area contributed by atoms with E-state index in [1.54, 1.807) is 6.07 Å². The van der Waals surface area contributed by atoms with Crippen molar-refractivity contribution in [2.45, 2.75) is 88.8 Å². The number of halogens is 1. The smallest absolute Gasteiger partial charge is 0.408 e. The van der Waals surface area contributed by atoms with Crippen LogP contribution in [-0.2, 0) is 24.5 Å². The quantitative estimate of drug-likeness (QED) is 0.188. The Bertz CT molecular complexity index is 1550. The number of alkyl carbamates (subject to hydrolysis) is 1. The molecule has 4 unspecified atom stereocenters. The summed E-state index contributed by atoms with van der Waals surface area (Å²) < 4.78 is 6.27. The Kier molecular flexibility index (Phi) is 11.0. The number of benzene rings is 3. The van der Waals surface area contributed by atoms with Gasteiger partial charge in [-0.2, -0.15) is 0 Å². The van der Waals surface area contributed by atoms with Gasteiger partial charge in [-0.3, -0.25) is 9.59 Å². The second-order valence-corrected chi connectivity index (χ2v) is 13.8. The maximum absolute atomic E-state index is 13.8. The second-order valence-electron chi connectivity index (χ2n) is 13.3. The van der Waals surface area contributed by atoms with E-state index in [2.05, 4.69) is 16.0 Å². The summed E-state index contributed by atoms with van der Waals surface area (Å²) in [7, 11) is 0. The molecule has 46 heavy (non-hydrogen) atoms. The van der Waals surface area contributed by atoms with Gasteiger partial charge in [-0.15, -0.1) is 0 Å². The van der Waals surface area contributed by atoms with Crippen LogP contribution in [0.1, 0.15) is 82.4 Å². The van der Waals surface area contributed by atoms with Gasteiger partial charge in [-0.25, -0.2) is 4.79 Å². The van der Waals surface area contributed by atoms with E-state index in [4.69, 9.17) is 16.3 Å². The summed E-state index contributed by atoms with van der Waals surface area (Å²) in [4.78, 5) is 51.6. The molecule has 0 aromatic heterocycles. The number of carbonyl (C=O) groups is 4. The molecule has 5 rings (SSSR count). The minimum atomic E-state index is -0.901. The number of hydrogen-bond donors (Lipinski definition) is 3. The van der Waals surface area contributed by atoms with Gasteiger partial charge in [0.25, 0.3) is 0 Å². The first-order valence-corrected chi connectivity index (χ1v) is 16.8. The third-order valence-electron chi connectivity index (χ3n) is 9.62. The summed E-state index contributed by atoms with van der Waals surface area (Å²) in [5.41, 5.74) is 1.01. The molecule has 8 nitrogen and oxygen atoms in total. The topological polar surface area (TPSA) is 114 Å². The largest absolute Gasteiger partial charge is 0.440 e. The van der Waals surface area contributed by atoms with Crippen LogP contribution in [0.3, 0.4) is 0 Å². The minimum absolute atomic E-state index is 0.108. The fourth-order valence-corrected chi connectivity index (χ4v) is 7.11. The van der Waals surface area contributed by atoms with Crippen LogP contribution >= 0.6 is 11.6 Å². The molecule has 1 aliphatic heterocycles. The Hall–Kier alpha value is -3.91. The Morgan fingerprint density at radius 1 is 0.957 bits per heavy atom. The van der Waals surface area contributed by atoms with Gasteiger partial charge in [0.2, 0.25) is 11.8 Å². The van der Waals surface area contributed by atoms with Crippen molar-refractivity contribution in [1.82, 2.24) is 16.0 Å². The first-order chi connectivity index (χ1) is 22.1. The van der Waals surface area contributed by atoms with E-state index < -0.39 is 35.6 Å². The van der Waals surface area contributed by atoms with Crippen molar-refractivity contribution in [3.63, 3.8) is 0 Å². The van der Waals surface area contributed by atoms with Crippen LogP contribution in [0.25, 0.3) is 10.8 Å².